The lowest BCUT2D eigenvalue weighted by molar-refractivity contribution is -0.230. The molecule has 0 aliphatic carbocycles. The molecule has 4 rings (SSSR count). The highest BCUT2D eigenvalue weighted by molar-refractivity contribution is 7.80. The minimum atomic E-state index is -1.75. The van der Waals surface area contributed by atoms with Crippen LogP contribution in [0.15, 0.2) is 17.0 Å². The largest absolute Gasteiger partial charge is 0.348 e. The molecule has 0 N–H and O–H groups in total. The fraction of sp³-hybridized carbons (Fsp3) is 0.778. The molecule has 3 aliphatic heterocycles. The van der Waals surface area contributed by atoms with Crippen LogP contribution in [0.4, 0.5) is 0 Å². The van der Waals surface area contributed by atoms with Crippen molar-refractivity contribution in [2.45, 2.75) is 134 Å². The predicted molar refractivity (Wildman–Crippen MR) is 134 cm³/mol. The van der Waals surface area contributed by atoms with E-state index >= 15 is 0 Å². The maximum atomic E-state index is 14.0. The minimum Gasteiger partial charge on any atom is -0.348 e. The van der Waals surface area contributed by atoms with Crippen molar-refractivity contribution in [2.24, 2.45) is 0 Å². The zero-order chi connectivity index (χ0) is 25.9. The van der Waals surface area contributed by atoms with Gasteiger partial charge in [0.05, 0.1) is 11.5 Å². The topological polar surface area (TPSA) is 72.5 Å². The number of benzene rings is 1. The zero-order valence-electron chi connectivity index (χ0n) is 22.7. The molecule has 0 unspecified atom stereocenters. The first-order valence-corrected chi connectivity index (χ1v) is 13.9. The van der Waals surface area contributed by atoms with E-state index in [0.29, 0.717) is 12.5 Å². The molecule has 6 atom stereocenters. The predicted octanol–water partition coefficient (Wildman–Crippen LogP) is 5.49. The molecule has 198 valence electrons. The average Bonchev–Trinajstić information content (AvgIpc) is 3.36. The Morgan fingerprint density at radius 2 is 1.46 bits per heavy atom. The fourth-order valence-corrected chi connectivity index (χ4v) is 6.51. The SMILES string of the molecule is CC(C)c1cc(C(C)C)c([S@@](=O)O[C@@H]2[C@H]3OC(C)(C)O[C@H]3O[C@@H]2[C@H]2COC(C)(C)O2)c(C(C)C)c1. The van der Waals surface area contributed by atoms with E-state index in [1.165, 1.54) is 5.56 Å². The van der Waals surface area contributed by atoms with Crippen molar-refractivity contribution in [2.75, 3.05) is 6.61 Å². The standard InChI is InChI=1S/C27H42O7S/c1-14(2)17-11-18(15(3)4)24(19(12-17)16(5)6)35(28)34-22-21(20-13-29-26(7,8)31-20)30-25-23(22)32-27(9,10)33-25/h11-12,14-16,20-23,25H,13H2,1-10H3/t20-,21-,22+,23-,25-,35+/m1/s1. The van der Waals surface area contributed by atoms with Gasteiger partial charge in [0.2, 0.25) is 0 Å². The van der Waals surface area contributed by atoms with Gasteiger partial charge in [-0.1, -0.05) is 53.7 Å². The lowest BCUT2D eigenvalue weighted by Crippen LogP contribution is -2.44. The van der Waals surface area contributed by atoms with Crippen LogP contribution in [-0.2, 0) is 38.9 Å². The van der Waals surface area contributed by atoms with Crippen LogP contribution in [0, 0.1) is 0 Å². The van der Waals surface area contributed by atoms with Crippen LogP contribution in [-0.4, -0.2) is 53.1 Å². The van der Waals surface area contributed by atoms with Crippen molar-refractivity contribution in [1.29, 1.82) is 0 Å². The van der Waals surface area contributed by atoms with E-state index in [0.717, 1.165) is 16.0 Å². The van der Waals surface area contributed by atoms with Crippen LogP contribution in [0.25, 0.3) is 0 Å². The molecule has 0 spiro atoms. The lowest BCUT2D eigenvalue weighted by atomic mass is 9.89. The van der Waals surface area contributed by atoms with E-state index in [9.17, 15) is 4.21 Å². The number of hydrogen-bond acceptors (Lipinski definition) is 7. The van der Waals surface area contributed by atoms with Gasteiger partial charge in [0, 0.05) is 0 Å². The van der Waals surface area contributed by atoms with Crippen LogP contribution < -0.4 is 0 Å². The quantitative estimate of drug-likeness (QED) is 0.480. The highest BCUT2D eigenvalue weighted by atomic mass is 32.2. The van der Waals surface area contributed by atoms with E-state index in [-0.39, 0.29) is 17.9 Å². The molecule has 35 heavy (non-hydrogen) atoms. The van der Waals surface area contributed by atoms with Crippen LogP contribution in [0.3, 0.4) is 0 Å². The smallest absolute Gasteiger partial charge is 0.190 e. The normalized spacial score (nSPS) is 32.7. The molecule has 3 saturated heterocycles. The molecule has 0 aromatic heterocycles. The second kappa shape index (κ2) is 9.78. The summed E-state index contributed by atoms with van der Waals surface area (Å²) in [6, 6.07) is 4.36. The van der Waals surface area contributed by atoms with Crippen molar-refractivity contribution in [1.82, 2.24) is 0 Å². The van der Waals surface area contributed by atoms with Crippen molar-refractivity contribution in [3.05, 3.63) is 28.8 Å². The molecule has 1 aromatic rings. The first-order valence-electron chi connectivity index (χ1n) is 12.8. The van der Waals surface area contributed by atoms with E-state index in [1.807, 2.05) is 27.7 Å². The van der Waals surface area contributed by atoms with Gasteiger partial charge in [-0.25, -0.2) is 4.21 Å². The Kier molecular flexibility index (Phi) is 7.59. The van der Waals surface area contributed by atoms with Crippen molar-refractivity contribution >= 4 is 11.1 Å². The highest BCUT2D eigenvalue weighted by Gasteiger charge is 2.59. The van der Waals surface area contributed by atoms with Gasteiger partial charge >= 0.3 is 0 Å². The first kappa shape index (κ1) is 27.2. The monoisotopic (exact) mass is 510 g/mol. The fourth-order valence-electron chi connectivity index (χ4n) is 5.02. The van der Waals surface area contributed by atoms with Crippen LogP contribution in [0.5, 0.6) is 0 Å². The molecule has 3 heterocycles. The number of ether oxygens (including phenoxy) is 5. The molecule has 0 bridgehead atoms. The number of rotatable bonds is 7. The Bertz CT molecular complexity index is 926. The van der Waals surface area contributed by atoms with E-state index in [1.54, 1.807) is 0 Å². The van der Waals surface area contributed by atoms with Crippen molar-refractivity contribution in [3.8, 4) is 0 Å². The Morgan fingerprint density at radius 1 is 0.857 bits per heavy atom. The molecule has 3 fully saturated rings. The van der Waals surface area contributed by atoms with Gasteiger partial charge in [0.1, 0.15) is 24.4 Å². The lowest BCUT2D eigenvalue weighted by Gasteiger charge is -2.29. The summed E-state index contributed by atoms with van der Waals surface area (Å²) in [5.74, 6) is -0.792. The van der Waals surface area contributed by atoms with Gasteiger partial charge in [-0.2, -0.15) is 0 Å². The third-order valence-electron chi connectivity index (χ3n) is 6.87. The molecular formula is C27H42O7S. The third kappa shape index (κ3) is 5.54. The maximum Gasteiger partial charge on any atom is 0.190 e. The molecule has 0 amide bonds. The highest BCUT2D eigenvalue weighted by Crippen LogP contribution is 2.43. The minimum absolute atomic E-state index is 0.189. The van der Waals surface area contributed by atoms with Gasteiger partial charge in [-0.3, -0.25) is 4.18 Å². The first-order chi connectivity index (χ1) is 16.2. The Labute approximate surface area is 212 Å². The molecule has 8 heteroatoms. The average molecular weight is 511 g/mol. The Morgan fingerprint density at radius 3 is 1.94 bits per heavy atom. The van der Waals surface area contributed by atoms with E-state index < -0.39 is 47.3 Å². The van der Waals surface area contributed by atoms with Gasteiger partial charge < -0.3 is 23.7 Å². The van der Waals surface area contributed by atoms with E-state index in [4.69, 9.17) is 27.9 Å². The Balaban J connectivity index is 1.69. The number of fused-ring (bicyclic) bond motifs is 1. The molecular weight excluding hydrogens is 468 g/mol. The maximum absolute atomic E-state index is 14.0. The molecule has 1 aromatic carbocycles. The van der Waals surface area contributed by atoms with Gasteiger partial charge in [-0.05, 0) is 62.1 Å². The molecule has 7 nitrogen and oxygen atoms in total. The summed E-state index contributed by atoms with van der Waals surface area (Å²) in [7, 11) is 0. The van der Waals surface area contributed by atoms with Crippen molar-refractivity contribution in [3.63, 3.8) is 0 Å². The second-order valence-electron chi connectivity index (χ2n) is 11.7. The zero-order valence-corrected chi connectivity index (χ0v) is 23.6. The summed E-state index contributed by atoms with van der Waals surface area (Å²) in [6.45, 7) is 20.7. The summed E-state index contributed by atoms with van der Waals surface area (Å²) in [4.78, 5) is 0.753. The van der Waals surface area contributed by atoms with Gasteiger partial charge in [0.15, 0.2) is 28.9 Å². The molecule has 0 radical (unpaired) electrons. The second-order valence-corrected chi connectivity index (χ2v) is 12.8. The van der Waals surface area contributed by atoms with Crippen LogP contribution in [0.1, 0.15) is 104 Å². The summed E-state index contributed by atoms with van der Waals surface area (Å²) in [6.07, 6.45) is -2.71. The summed E-state index contributed by atoms with van der Waals surface area (Å²) in [5, 5.41) is 0. The summed E-state index contributed by atoms with van der Waals surface area (Å²) >= 11 is -1.75. The van der Waals surface area contributed by atoms with Crippen LogP contribution >= 0.6 is 0 Å². The molecule has 0 saturated carbocycles. The summed E-state index contributed by atoms with van der Waals surface area (Å²) in [5.41, 5.74) is 3.35. The third-order valence-corrected chi connectivity index (χ3v) is 8.07. The van der Waals surface area contributed by atoms with Crippen molar-refractivity contribution < 1.29 is 32.1 Å². The van der Waals surface area contributed by atoms with Crippen LogP contribution in [0.2, 0.25) is 0 Å². The van der Waals surface area contributed by atoms with E-state index in [2.05, 4.69) is 53.7 Å². The summed E-state index contributed by atoms with van der Waals surface area (Å²) < 4.78 is 50.7. The van der Waals surface area contributed by atoms with Gasteiger partial charge in [-0.15, -0.1) is 0 Å². The number of hydrogen-bond donors (Lipinski definition) is 0. The molecule has 3 aliphatic rings. The van der Waals surface area contributed by atoms with Gasteiger partial charge in [0.25, 0.3) is 0 Å². The Hall–Kier alpha value is -0.870.